The molecular weight excluding hydrogens is 335 g/mol. The average Bonchev–Trinajstić information content (AvgIpc) is 2.65. The summed E-state index contributed by atoms with van der Waals surface area (Å²) >= 11 is 0. The third-order valence-corrected chi connectivity index (χ3v) is 3.95. The van der Waals surface area contributed by atoms with Gasteiger partial charge in [-0.25, -0.2) is 4.39 Å². The molecule has 6 heteroatoms. The molecule has 0 radical (unpaired) electrons. The third kappa shape index (κ3) is 3.75. The number of nitrogens with zero attached hydrogens (tertiary/aromatic N) is 1. The summed E-state index contributed by atoms with van der Waals surface area (Å²) in [5.41, 5.74) is 0.961. The lowest BCUT2D eigenvalue weighted by Crippen LogP contribution is -2.22. The molecule has 0 spiro atoms. The molecule has 1 amide bonds. The van der Waals surface area contributed by atoms with Gasteiger partial charge in [0.25, 0.3) is 5.69 Å². The third-order valence-electron chi connectivity index (χ3n) is 3.95. The summed E-state index contributed by atoms with van der Waals surface area (Å²) in [6.07, 6.45) is 0. The van der Waals surface area contributed by atoms with E-state index >= 15 is 0 Å². The van der Waals surface area contributed by atoms with E-state index in [1.165, 1.54) is 0 Å². The number of nitrogens with one attached hydrogen (secondary N) is 1. The molecule has 3 rings (SSSR count). The lowest BCUT2D eigenvalue weighted by Gasteiger charge is -2.18. The highest BCUT2D eigenvalue weighted by Crippen LogP contribution is 2.28. The maximum absolute atomic E-state index is 14.0. The van der Waals surface area contributed by atoms with Gasteiger partial charge in [0.15, 0.2) is 0 Å². The quantitative estimate of drug-likeness (QED) is 0.544. The van der Waals surface area contributed by atoms with Gasteiger partial charge in [-0.3, -0.25) is 14.9 Å². The Morgan fingerprint density at radius 2 is 1.46 bits per heavy atom. The van der Waals surface area contributed by atoms with Crippen molar-refractivity contribution < 1.29 is 14.1 Å². The molecule has 0 saturated carbocycles. The van der Waals surface area contributed by atoms with Crippen molar-refractivity contribution in [2.75, 3.05) is 5.32 Å². The van der Waals surface area contributed by atoms with Crippen molar-refractivity contribution in [1.29, 1.82) is 0 Å². The highest BCUT2D eigenvalue weighted by Gasteiger charge is 2.24. The van der Waals surface area contributed by atoms with Gasteiger partial charge in [0, 0.05) is 12.1 Å². The van der Waals surface area contributed by atoms with Crippen LogP contribution in [0, 0.1) is 15.9 Å². The first-order valence-corrected chi connectivity index (χ1v) is 7.91. The van der Waals surface area contributed by atoms with Gasteiger partial charge in [0.1, 0.15) is 5.82 Å². The fraction of sp³-hybridized carbons (Fsp3) is 0.0500. The number of anilines is 1. The summed E-state index contributed by atoms with van der Waals surface area (Å²) in [4.78, 5) is 23.2. The summed E-state index contributed by atoms with van der Waals surface area (Å²) in [5.74, 6) is -1.87. The molecule has 5 nitrogen and oxygen atoms in total. The molecule has 0 atom stereocenters. The second-order valence-corrected chi connectivity index (χ2v) is 5.66. The summed E-state index contributed by atoms with van der Waals surface area (Å²) < 4.78 is 14.0. The molecule has 1 N–H and O–H groups in total. The molecule has 0 aromatic heterocycles. The highest BCUT2D eigenvalue weighted by molar-refractivity contribution is 5.98. The molecule has 0 aliphatic rings. The van der Waals surface area contributed by atoms with Crippen LogP contribution in [-0.2, 0) is 4.79 Å². The molecule has 0 aliphatic heterocycles. The first-order chi connectivity index (χ1) is 12.6. The molecule has 0 heterocycles. The number of rotatable bonds is 5. The van der Waals surface area contributed by atoms with Crippen LogP contribution >= 0.6 is 0 Å². The topological polar surface area (TPSA) is 72.2 Å². The number of carbonyl (C=O) groups excluding carboxylic acids is 1. The number of carbonyl (C=O) groups is 1. The summed E-state index contributed by atoms with van der Waals surface area (Å²) in [7, 11) is 0. The van der Waals surface area contributed by atoms with E-state index in [-0.39, 0.29) is 11.4 Å². The van der Waals surface area contributed by atoms with Gasteiger partial charge in [0.05, 0.1) is 16.5 Å². The Morgan fingerprint density at radius 3 is 1.96 bits per heavy atom. The van der Waals surface area contributed by atoms with Crippen LogP contribution < -0.4 is 5.32 Å². The Balaban J connectivity index is 1.97. The molecule has 0 unspecified atom stereocenters. The van der Waals surface area contributed by atoms with E-state index in [9.17, 15) is 19.3 Å². The lowest BCUT2D eigenvalue weighted by atomic mass is 9.90. The van der Waals surface area contributed by atoms with Gasteiger partial charge >= 0.3 is 0 Å². The van der Waals surface area contributed by atoms with Crippen LogP contribution in [0.1, 0.15) is 17.0 Å². The predicted octanol–water partition coefficient (Wildman–Crippen LogP) is 4.50. The minimum Gasteiger partial charge on any atom is -0.323 e. The molecular formula is C20H15FN2O3. The maximum atomic E-state index is 14.0. The number of amides is 1. The van der Waals surface area contributed by atoms with E-state index in [4.69, 9.17) is 0 Å². The standard InChI is InChI=1S/C20H15FN2O3/c21-17-12-11-16(23(25)26)13-18(17)22-20(24)19(14-7-3-1-4-8-14)15-9-5-2-6-10-15/h1-13,19H,(H,22,24). The molecule has 0 aliphatic carbocycles. The van der Waals surface area contributed by atoms with Gasteiger partial charge in [-0.05, 0) is 17.2 Å². The summed E-state index contributed by atoms with van der Waals surface area (Å²) in [5, 5.41) is 13.4. The van der Waals surface area contributed by atoms with Crippen molar-refractivity contribution in [2.24, 2.45) is 0 Å². The Morgan fingerprint density at radius 1 is 0.923 bits per heavy atom. The molecule has 130 valence electrons. The lowest BCUT2D eigenvalue weighted by molar-refractivity contribution is -0.384. The molecule has 26 heavy (non-hydrogen) atoms. The van der Waals surface area contributed by atoms with Gasteiger partial charge < -0.3 is 5.32 Å². The van der Waals surface area contributed by atoms with Crippen LogP contribution in [-0.4, -0.2) is 10.8 Å². The van der Waals surface area contributed by atoms with Gasteiger partial charge in [-0.15, -0.1) is 0 Å². The highest BCUT2D eigenvalue weighted by atomic mass is 19.1. The number of benzene rings is 3. The van der Waals surface area contributed by atoms with E-state index < -0.39 is 22.6 Å². The monoisotopic (exact) mass is 350 g/mol. The zero-order valence-electron chi connectivity index (χ0n) is 13.6. The van der Waals surface area contributed by atoms with Crippen LogP contribution in [0.4, 0.5) is 15.8 Å². The number of nitro groups is 1. The van der Waals surface area contributed by atoms with Gasteiger partial charge in [-0.1, -0.05) is 60.7 Å². The number of halogens is 1. The Bertz CT molecular complexity index is 891. The van der Waals surface area contributed by atoms with Crippen LogP contribution in [0.3, 0.4) is 0 Å². The van der Waals surface area contributed by atoms with E-state index in [1.807, 2.05) is 36.4 Å². The number of non-ortho nitro benzene ring substituents is 1. The minimum atomic E-state index is -0.733. The van der Waals surface area contributed by atoms with E-state index in [1.54, 1.807) is 24.3 Å². The SMILES string of the molecule is O=C(Nc1cc([N+](=O)[O-])ccc1F)C(c1ccccc1)c1ccccc1. The van der Waals surface area contributed by atoms with Gasteiger partial charge in [-0.2, -0.15) is 0 Å². The Labute approximate surface area is 149 Å². The second-order valence-electron chi connectivity index (χ2n) is 5.66. The van der Waals surface area contributed by atoms with Crippen LogP contribution in [0.5, 0.6) is 0 Å². The van der Waals surface area contributed by atoms with Crippen molar-refractivity contribution in [1.82, 2.24) is 0 Å². The zero-order chi connectivity index (χ0) is 18.5. The fourth-order valence-corrected chi connectivity index (χ4v) is 2.71. The van der Waals surface area contributed by atoms with Gasteiger partial charge in [0.2, 0.25) is 5.91 Å². The van der Waals surface area contributed by atoms with Crippen LogP contribution in [0.25, 0.3) is 0 Å². The number of nitro benzene ring substituents is 1. The van der Waals surface area contributed by atoms with E-state index in [0.29, 0.717) is 0 Å². The van der Waals surface area contributed by atoms with Crippen molar-refractivity contribution in [2.45, 2.75) is 5.92 Å². The predicted molar refractivity (Wildman–Crippen MR) is 96.4 cm³/mol. The number of hydrogen-bond acceptors (Lipinski definition) is 3. The summed E-state index contributed by atoms with van der Waals surface area (Å²) in [6.45, 7) is 0. The van der Waals surface area contributed by atoms with Crippen LogP contribution in [0.15, 0.2) is 78.9 Å². The number of hydrogen-bond donors (Lipinski definition) is 1. The first kappa shape index (κ1) is 17.3. The second kappa shape index (κ2) is 7.57. The van der Waals surface area contributed by atoms with Crippen molar-refractivity contribution in [3.63, 3.8) is 0 Å². The molecule has 3 aromatic carbocycles. The smallest absolute Gasteiger partial charge is 0.271 e. The van der Waals surface area contributed by atoms with E-state index in [0.717, 1.165) is 29.3 Å². The zero-order valence-corrected chi connectivity index (χ0v) is 13.6. The average molecular weight is 350 g/mol. The van der Waals surface area contributed by atoms with Crippen molar-refractivity contribution in [3.05, 3.63) is 106 Å². The Kier molecular flexibility index (Phi) is 5.03. The molecule has 0 bridgehead atoms. The normalized spacial score (nSPS) is 10.5. The maximum Gasteiger partial charge on any atom is 0.271 e. The molecule has 0 fully saturated rings. The fourth-order valence-electron chi connectivity index (χ4n) is 2.71. The molecule has 0 saturated heterocycles. The van der Waals surface area contributed by atoms with Crippen molar-refractivity contribution >= 4 is 17.3 Å². The van der Waals surface area contributed by atoms with E-state index in [2.05, 4.69) is 5.32 Å². The summed E-state index contributed by atoms with van der Waals surface area (Å²) in [6, 6.07) is 21.2. The minimum absolute atomic E-state index is 0.221. The largest absolute Gasteiger partial charge is 0.323 e. The van der Waals surface area contributed by atoms with Crippen molar-refractivity contribution in [3.8, 4) is 0 Å². The first-order valence-electron chi connectivity index (χ1n) is 7.91. The van der Waals surface area contributed by atoms with Crippen LogP contribution in [0.2, 0.25) is 0 Å². The Hall–Kier alpha value is -3.54. The molecule has 3 aromatic rings.